The van der Waals surface area contributed by atoms with Gasteiger partial charge in [0.1, 0.15) is 29.9 Å². The normalized spacial score (nSPS) is 34.5. The molecule has 6 N–H and O–H groups in total. The highest BCUT2D eigenvalue weighted by Gasteiger charge is 2.47. The van der Waals surface area contributed by atoms with E-state index < -0.39 is 52.1 Å². The minimum absolute atomic E-state index is 0.162. The van der Waals surface area contributed by atoms with E-state index >= 15 is 0 Å². The Morgan fingerprint density at radius 2 is 1.97 bits per heavy atom. The molecule has 194 valence electrons. The maximum Gasteiger partial charge on any atom is 0.340 e. The molecule has 13 nitrogen and oxygen atoms in total. The minimum Gasteiger partial charge on any atom is -0.387 e. The van der Waals surface area contributed by atoms with Gasteiger partial charge in [0.25, 0.3) is 0 Å². The van der Waals surface area contributed by atoms with Crippen molar-refractivity contribution in [2.45, 2.75) is 56.1 Å². The van der Waals surface area contributed by atoms with E-state index in [4.69, 9.17) is 30.6 Å². The van der Waals surface area contributed by atoms with Crippen molar-refractivity contribution in [3.63, 3.8) is 0 Å². The fourth-order valence-corrected chi connectivity index (χ4v) is 8.21. The first-order valence-corrected chi connectivity index (χ1v) is 15.2. The van der Waals surface area contributed by atoms with Gasteiger partial charge in [-0.25, -0.2) is 9.50 Å². The molecule has 2 saturated carbocycles. The van der Waals surface area contributed by atoms with E-state index in [1.54, 1.807) is 12.3 Å². The van der Waals surface area contributed by atoms with Crippen molar-refractivity contribution < 1.29 is 43.3 Å². The number of aliphatic hydroxyl groups is 2. The summed E-state index contributed by atoms with van der Waals surface area (Å²) in [6.07, 6.45) is 0.907. The number of hydrogen-bond acceptors (Lipinski definition) is 9. The van der Waals surface area contributed by atoms with Crippen molar-refractivity contribution >= 4 is 38.0 Å². The van der Waals surface area contributed by atoms with Crippen molar-refractivity contribution in [2.24, 2.45) is 11.8 Å². The van der Waals surface area contributed by atoms with Gasteiger partial charge < -0.3 is 39.5 Å². The maximum atomic E-state index is 11.9. The third-order valence-electron chi connectivity index (χ3n) is 7.00. The number of nitrogens with zero attached hydrogens (tertiary/aromatic N) is 3. The molecule has 3 aliphatic rings. The average Bonchev–Trinajstić information content (AvgIpc) is 3.51. The highest BCUT2D eigenvalue weighted by Crippen LogP contribution is 2.55. The van der Waals surface area contributed by atoms with Crippen LogP contribution in [0.2, 0.25) is 5.15 Å². The number of imidazole rings is 1. The van der Waals surface area contributed by atoms with Gasteiger partial charge in [0.15, 0.2) is 16.9 Å². The van der Waals surface area contributed by atoms with E-state index in [9.17, 15) is 24.2 Å². The van der Waals surface area contributed by atoms with Crippen molar-refractivity contribution in [2.75, 3.05) is 17.8 Å². The molecule has 0 radical (unpaired) electrons. The van der Waals surface area contributed by atoms with Crippen molar-refractivity contribution in [1.82, 2.24) is 14.6 Å². The molecule has 2 aromatic rings. The summed E-state index contributed by atoms with van der Waals surface area (Å²) < 4.78 is 34.8. The van der Waals surface area contributed by atoms with Crippen LogP contribution in [-0.2, 0) is 18.4 Å². The SMILES string of the molecule is O=P(O)(O)CP(=O)(O)OC[C@H]1O[C@@H](c2ncc3c(N[C@H]4CC5CCC4C5)cc(Cl)nn23)[C@H](O)[C@@H]1O. The predicted molar refractivity (Wildman–Crippen MR) is 123 cm³/mol. The molecule has 0 aromatic carbocycles. The largest absolute Gasteiger partial charge is 0.387 e. The maximum absolute atomic E-state index is 11.9. The predicted octanol–water partition coefficient (Wildman–Crippen LogP) is 1.48. The highest BCUT2D eigenvalue weighted by atomic mass is 35.5. The quantitative estimate of drug-likeness (QED) is 0.258. The standard InChI is InChI=1S/C19H27ClN4O9P2/c20-15-5-12(22-11-4-9-1-2-10(11)3-9)13-6-21-19(24(13)23-15)18-17(26)16(25)14(33-18)7-32-35(30,31)8-34(27,28)29/h5-6,9-11,14,16-18,22,25-26H,1-4,7-8H2,(H,30,31)(H2,27,28,29)/t9?,10?,11-,14+,16+,17+,18+/m0/s1. The van der Waals surface area contributed by atoms with Gasteiger partial charge in [-0.2, -0.15) is 5.10 Å². The summed E-state index contributed by atoms with van der Waals surface area (Å²) >= 11 is 6.28. The number of anilines is 1. The average molecular weight is 553 g/mol. The van der Waals surface area contributed by atoms with Gasteiger partial charge in [0.05, 0.1) is 18.5 Å². The van der Waals surface area contributed by atoms with Crippen LogP contribution in [0.3, 0.4) is 0 Å². The van der Waals surface area contributed by atoms with E-state index in [2.05, 4.69) is 15.4 Å². The van der Waals surface area contributed by atoms with Crippen LogP contribution in [-0.4, -0.2) is 76.4 Å². The fraction of sp³-hybridized carbons (Fsp3) is 0.684. The Bertz CT molecular complexity index is 1210. The van der Waals surface area contributed by atoms with Gasteiger partial charge in [0.2, 0.25) is 0 Å². The number of aromatic nitrogens is 3. The zero-order valence-electron chi connectivity index (χ0n) is 18.4. The zero-order valence-corrected chi connectivity index (χ0v) is 21.0. The van der Waals surface area contributed by atoms with Gasteiger partial charge in [-0.3, -0.25) is 9.13 Å². The lowest BCUT2D eigenvalue weighted by Crippen LogP contribution is -2.33. The van der Waals surface area contributed by atoms with E-state index in [1.807, 2.05) is 0 Å². The molecule has 3 unspecified atom stereocenters. The number of aliphatic hydroxyl groups excluding tert-OH is 2. The second kappa shape index (κ2) is 9.33. The third kappa shape index (κ3) is 5.31. The van der Waals surface area contributed by atoms with Gasteiger partial charge in [-0.1, -0.05) is 18.0 Å². The Kier molecular flexibility index (Phi) is 6.80. The molecule has 5 rings (SSSR count). The summed E-state index contributed by atoms with van der Waals surface area (Å²) in [5, 5.41) is 29.0. The molecule has 3 heterocycles. The van der Waals surface area contributed by atoms with E-state index in [0.717, 1.165) is 18.0 Å². The van der Waals surface area contributed by atoms with Gasteiger partial charge in [-0.15, -0.1) is 0 Å². The molecule has 16 heteroatoms. The number of ether oxygens (including phenoxy) is 1. The molecule has 8 atom stereocenters. The Labute approximate surface area is 205 Å². The van der Waals surface area contributed by atoms with E-state index in [1.165, 1.54) is 23.8 Å². The smallest absolute Gasteiger partial charge is 0.340 e. The number of hydrogen-bond donors (Lipinski definition) is 6. The molecule has 1 saturated heterocycles. The van der Waals surface area contributed by atoms with Crippen molar-refractivity contribution in [3.8, 4) is 0 Å². The zero-order chi connectivity index (χ0) is 25.1. The fourth-order valence-electron chi connectivity index (χ4n) is 5.46. The third-order valence-corrected chi connectivity index (χ3v) is 10.6. The minimum atomic E-state index is -4.81. The summed E-state index contributed by atoms with van der Waals surface area (Å²) in [4.78, 5) is 31.8. The highest BCUT2D eigenvalue weighted by molar-refractivity contribution is 7.70. The summed E-state index contributed by atoms with van der Waals surface area (Å²) in [5.41, 5.74) is 1.35. The first kappa shape index (κ1) is 25.5. The molecule has 2 bridgehead atoms. The van der Waals surface area contributed by atoms with Crippen LogP contribution in [0.25, 0.3) is 5.52 Å². The number of fused-ring (bicyclic) bond motifs is 3. The Hall–Kier alpha value is -1.11. The van der Waals surface area contributed by atoms with Gasteiger partial charge >= 0.3 is 15.2 Å². The first-order valence-electron chi connectivity index (χ1n) is 11.2. The molecule has 35 heavy (non-hydrogen) atoms. The Morgan fingerprint density at radius 3 is 2.63 bits per heavy atom. The lowest BCUT2D eigenvalue weighted by molar-refractivity contribution is -0.0217. The van der Waals surface area contributed by atoms with Crippen LogP contribution in [0.4, 0.5) is 5.69 Å². The van der Waals surface area contributed by atoms with Crippen LogP contribution in [0.1, 0.15) is 37.6 Å². The number of rotatable bonds is 8. The van der Waals surface area contributed by atoms with Gasteiger partial charge in [-0.05, 0) is 31.1 Å². The molecule has 0 amide bonds. The molecule has 0 spiro atoms. The van der Waals surface area contributed by atoms with Crippen molar-refractivity contribution in [3.05, 3.63) is 23.2 Å². The second-order valence-corrected chi connectivity index (χ2v) is 13.9. The topological polar surface area (TPSA) is 196 Å². The molecule has 1 aliphatic heterocycles. The Morgan fingerprint density at radius 1 is 1.20 bits per heavy atom. The van der Waals surface area contributed by atoms with Crippen LogP contribution in [0, 0.1) is 11.8 Å². The van der Waals surface area contributed by atoms with Crippen molar-refractivity contribution in [1.29, 1.82) is 0 Å². The van der Waals surface area contributed by atoms with Gasteiger partial charge in [0, 0.05) is 12.1 Å². The molecule has 2 aromatic heterocycles. The summed E-state index contributed by atoms with van der Waals surface area (Å²) in [6, 6.07) is 2.04. The molecule has 3 fully saturated rings. The monoisotopic (exact) mass is 552 g/mol. The Balaban J connectivity index is 1.34. The molecular weight excluding hydrogens is 526 g/mol. The summed E-state index contributed by atoms with van der Waals surface area (Å²) in [6.45, 7) is -0.683. The van der Waals surface area contributed by atoms with Crippen LogP contribution >= 0.6 is 26.8 Å². The molecular formula is C19H27ClN4O9P2. The lowest BCUT2D eigenvalue weighted by atomic mass is 9.95. The van der Waals surface area contributed by atoms with E-state index in [-0.39, 0.29) is 11.0 Å². The van der Waals surface area contributed by atoms with Crippen LogP contribution in [0.15, 0.2) is 12.3 Å². The lowest BCUT2D eigenvalue weighted by Gasteiger charge is -2.24. The number of nitrogens with one attached hydrogen (secondary N) is 1. The van der Waals surface area contributed by atoms with Crippen LogP contribution in [0.5, 0.6) is 0 Å². The molecule has 2 aliphatic carbocycles. The second-order valence-electron chi connectivity index (χ2n) is 9.54. The number of halogens is 1. The summed E-state index contributed by atoms with van der Waals surface area (Å²) in [7, 11) is -9.47. The summed E-state index contributed by atoms with van der Waals surface area (Å²) in [5.74, 6) is 0.138. The first-order chi connectivity index (χ1) is 16.4. The van der Waals surface area contributed by atoms with E-state index in [0.29, 0.717) is 17.5 Å². The van der Waals surface area contributed by atoms with Crippen LogP contribution < -0.4 is 5.32 Å².